The number of halogens is 3. The molecule has 12 aromatic carbocycles. The first-order valence-electron chi connectivity index (χ1n) is 27.8. The number of rotatable bonds is 4. The minimum Gasteiger partial charge on any atom is -0.216 e. The van der Waals surface area contributed by atoms with Gasteiger partial charge in [-0.1, -0.05) is 224 Å². The van der Waals surface area contributed by atoms with Crippen molar-refractivity contribution in [2.45, 2.75) is 0 Å². The molecule has 0 N–H and O–H groups in total. The van der Waals surface area contributed by atoms with E-state index in [9.17, 15) is 0 Å². The smallest absolute Gasteiger partial charge is 0.216 e. The molecule has 0 fully saturated rings. The van der Waals surface area contributed by atoms with Gasteiger partial charge in [0.15, 0.2) is 0 Å². The van der Waals surface area contributed by atoms with Gasteiger partial charge >= 0.3 is 0 Å². The molecule has 0 aliphatic rings. The Bertz CT molecular complexity index is 5710. The van der Waals surface area contributed by atoms with Crippen LogP contribution in [0.3, 0.4) is 0 Å². The number of fused-ring (bicyclic) bond motifs is 17. The van der Waals surface area contributed by atoms with Crippen molar-refractivity contribution in [1.82, 2.24) is 29.9 Å². The third kappa shape index (κ3) is 9.32. The van der Waals surface area contributed by atoms with Crippen molar-refractivity contribution in [3.63, 3.8) is 0 Å². The van der Waals surface area contributed by atoms with E-state index in [4.69, 9.17) is 34.8 Å². The molecule has 406 valence electrons. The lowest BCUT2D eigenvalue weighted by Crippen LogP contribution is -1.89. The summed E-state index contributed by atoms with van der Waals surface area (Å²) in [5, 5.41) is 16.5. The van der Waals surface area contributed by atoms with Gasteiger partial charge in [-0.2, -0.15) is 0 Å². The Balaban J connectivity index is 0.000000106. The van der Waals surface area contributed by atoms with Crippen LogP contribution < -0.4 is 0 Å². The van der Waals surface area contributed by atoms with E-state index in [0.717, 1.165) is 80.6 Å². The molecule has 0 spiro atoms. The highest BCUT2D eigenvalue weighted by atomic mass is 35.5. The van der Waals surface area contributed by atoms with Crippen molar-refractivity contribution in [1.29, 1.82) is 0 Å². The molecule has 86 heavy (non-hydrogen) atoms. The first kappa shape index (κ1) is 52.3. The van der Waals surface area contributed by atoms with Gasteiger partial charge in [0.25, 0.3) is 0 Å². The molecule has 0 unspecified atom stereocenters. The summed E-state index contributed by atoms with van der Waals surface area (Å²) < 4.78 is 6.84. The Kier molecular flexibility index (Phi) is 13.2. The maximum Gasteiger partial charge on any atom is 0.223 e. The zero-order chi connectivity index (χ0) is 57.4. The second-order valence-electron chi connectivity index (χ2n) is 20.9. The SMILES string of the molecule is Clc1nc(-c2ccc(-c3ccccc3)cc2)c2sc3cc4ccccc4cc3c2n1.Clc1nc(-c2ccc3c(ccc4ccccc43)c2)c2sc3c4ccccc4ccc3c2n1.Clc1nc(-c2ccccc2)c2sc3ccc4ccccc4c3c2n1. The average molecular weight is 1220 g/mol. The van der Waals surface area contributed by atoms with E-state index in [1.165, 1.54) is 79.1 Å². The fraction of sp³-hybridized carbons (Fsp3) is 0. The van der Waals surface area contributed by atoms with Crippen LogP contribution in [0.2, 0.25) is 15.9 Å². The summed E-state index contributed by atoms with van der Waals surface area (Å²) >= 11 is 24.2. The molecule has 0 radical (unpaired) electrons. The predicted octanol–water partition coefficient (Wildman–Crippen LogP) is 22.9. The third-order valence-electron chi connectivity index (χ3n) is 15.8. The van der Waals surface area contributed by atoms with Crippen LogP contribution in [0.5, 0.6) is 0 Å². The third-order valence-corrected chi connectivity index (χ3v) is 19.9. The second-order valence-corrected chi connectivity index (χ2v) is 25.1. The molecule has 6 aromatic heterocycles. The number of aromatic nitrogens is 6. The van der Waals surface area contributed by atoms with Crippen LogP contribution in [0, 0.1) is 0 Å². The monoisotopic (exact) mass is 1210 g/mol. The molecule has 12 heteroatoms. The summed E-state index contributed by atoms with van der Waals surface area (Å²) in [4.78, 5) is 27.6. The van der Waals surface area contributed by atoms with Gasteiger partial charge in [0, 0.05) is 46.9 Å². The minimum absolute atomic E-state index is 0.275. The van der Waals surface area contributed by atoms with Gasteiger partial charge in [0.1, 0.15) is 0 Å². The van der Waals surface area contributed by atoms with Gasteiger partial charge in [0.05, 0.1) is 47.7 Å². The average Bonchev–Trinajstić information content (AvgIpc) is 2.47. The molecule has 0 amide bonds. The van der Waals surface area contributed by atoms with Gasteiger partial charge in [0.2, 0.25) is 15.9 Å². The number of hydrogen-bond acceptors (Lipinski definition) is 9. The maximum atomic E-state index is 6.43. The molecule has 0 saturated carbocycles. The highest BCUT2D eigenvalue weighted by molar-refractivity contribution is 7.27. The molecule has 0 saturated heterocycles. The lowest BCUT2D eigenvalue weighted by atomic mass is 9.99. The van der Waals surface area contributed by atoms with Crippen LogP contribution in [-0.4, -0.2) is 29.9 Å². The van der Waals surface area contributed by atoms with E-state index in [-0.39, 0.29) is 15.9 Å². The van der Waals surface area contributed by atoms with Gasteiger partial charge in [-0.25, -0.2) is 29.9 Å². The van der Waals surface area contributed by atoms with Crippen molar-refractivity contribution in [2.75, 3.05) is 0 Å². The molecule has 18 rings (SSSR count). The Morgan fingerprint density at radius 2 is 0.651 bits per heavy atom. The second kappa shape index (κ2) is 21.6. The lowest BCUT2D eigenvalue weighted by Gasteiger charge is -2.08. The Morgan fingerprint density at radius 1 is 0.233 bits per heavy atom. The molecule has 0 aliphatic carbocycles. The quantitative estimate of drug-likeness (QED) is 0.129. The summed E-state index contributed by atoms with van der Waals surface area (Å²) in [6.45, 7) is 0. The molecular formula is C74H41Cl3N6S3. The Hall–Kier alpha value is -9.29. The molecular weight excluding hydrogens is 1180 g/mol. The summed E-state index contributed by atoms with van der Waals surface area (Å²) in [6, 6.07) is 86.7. The summed E-state index contributed by atoms with van der Waals surface area (Å²) in [5.41, 5.74) is 11.0. The highest BCUT2D eigenvalue weighted by Gasteiger charge is 2.20. The van der Waals surface area contributed by atoms with Crippen molar-refractivity contribution in [2.24, 2.45) is 0 Å². The normalized spacial score (nSPS) is 11.7. The van der Waals surface area contributed by atoms with E-state index < -0.39 is 0 Å². The summed E-state index contributed by atoms with van der Waals surface area (Å²) in [6.07, 6.45) is 0. The Morgan fingerprint density at radius 3 is 1.35 bits per heavy atom. The molecule has 6 nitrogen and oxygen atoms in total. The summed E-state index contributed by atoms with van der Waals surface area (Å²) in [7, 11) is 0. The Labute approximate surface area is 518 Å². The first-order chi connectivity index (χ1) is 42.3. The maximum absolute atomic E-state index is 6.43. The molecule has 0 atom stereocenters. The van der Waals surface area contributed by atoms with Gasteiger partial charge in [-0.05, 0) is 124 Å². The van der Waals surface area contributed by atoms with Crippen LogP contribution in [0.15, 0.2) is 249 Å². The number of nitrogens with zero attached hydrogens (tertiary/aromatic N) is 6. The van der Waals surface area contributed by atoms with Crippen molar-refractivity contribution < 1.29 is 0 Å². The van der Waals surface area contributed by atoms with E-state index in [1.54, 1.807) is 34.0 Å². The highest BCUT2D eigenvalue weighted by Crippen LogP contribution is 2.45. The molecule has 0 bridgehead atoms. The number of hydrogen-bond donors (Lipinski definition) is 0. The fourth-order valence-corrected chi connectivity index (χ4v) is 16.0. The van der Waals surface area contributed by atoms with Crippen LogP contribution in [0.1, 0.15) is 0 Å². The van der Waals surface area contributed by atoms with Gasteiger partial charge in [-0.3, -0.25) is 0 Å². The van der Waals surface area contributed by atoms with Gasteiger partial charge < -0.3 is 0 Å². The van der Waals surface area contributed by atoms with Crippen LogP contribution in [0.25, 0.3) is 160 Å². The zero-order valence-electron chi connectivity index (χ0n) is 45.2. The predicted molar refractivity (Wildman–Crippen MR) is 369 cm³/mol. The van der Waals surface area contributed by atoms with Crippen LogP contribution in [-0.2, 0) is 0 Å². The van der Waals surface area contributed by atoms with E-state index in [0.29, 0.717) is 0 Å². The van der Waals surface area contributed by atoms with Crippen molar-refractivity contribution >= 4 is 184 Å². The minimum atomic E-state index is 0.275. The van der Waals surface area contributed by atoms with E-state index >= 15 is 0 Å². The van der Waals surface area contributed by atoms with E-state index in [1.807, 2.05) is 24.3 Å². The molecule has 18 aromatic rings. The summed E-state index contributed by atoms with van der Waals surface area (Å²) in [5.74, 6) is 0. The standard InChI is InChI=1S/C28H15ClN2S.C26H15ClN2S.C20H11ClN2S/c29-28-30-24(19-12-13-21-18(15-19)10-9-16-5-1-3-7-20(16)21)27-25(31-28)23-14-11-17-6-2-4-8-22(17)26(23)32-27;27-26-28-23(18-12-10-17(11-13-18)16-6-2-1-3-7-16)25-24(29-26)21-14-19-8-4-5-9-20(19)15-22(21)30-25;21-20-22-17(13-7-2-1-3-8-13)19-18(23-20)16-14-9-5-4-6-12(14)10-11-15(16)24-19/h1-15H;1-15H;1-11H. The zero-order valence-corrected chi connectivity index (χ0v) is 49.9. The number of thiophene rings is 3. The lowest BCUT2D eigenvalue weighted by molar-refractivity contribution is 1.24. The largest absolute Gasteiger partial charge is 0.223 e. The topological polar surface area (TPSA) is 77.3 Å². The van der Waals surface area contributed by atoms with Crippen LogP contribution in [0.4, 0.5) is 0 Å². The first-order valence-corrected chi connectivity index (χ1v) is 31.4. The fourth-order valence-electron chi connectivity index (χ4n) is 11.8. The number of benzene rings is 12. The molecule has 0 aliphatic heterocycles. The van der Waals surface area contributed by atoms with Gasteiger partial charge in [-0.15, -0.1) is 34.0 Å². The van der Waals surface area contributed by atoms with Crippen LogP contribution >= 0.6 is 68.8 Å². The molecule has 6 heterocycles. The van der Waals surface area contributed by atoms with Crippen molar-refractivity contribution in [3.8, 4) is 44.9 Å². The van der Waals surface area contributed by atoms with Crippen molar-refractivity contribution in [3.05, 3.63) is 265 Å². The van der Waals surface area contributed by atoms with E-state index in [2.05, 4.69) is 254 Å².